The molecule has 13 heavy (non-hydrogen) atoms. The van der Waals surface area contributed by atoms with Crippen molar-refractivity contribution in [2.75, 3.05) is 6.54 Å². The summed E-state index contributed by atoms with van der Waals surface area (Å²) in [5.41, 5.74) is 5.41. The quantitative estimate of drug-likeness (QED) is 0.351. The molecule has 2 rings (SSSR count). The van der Waals surface area contributed by atoms with Crippen molar-refractivity contribution in [3.05, 3.63) is 0 Å². The van der Waals surface area contributed by atoms with Gasteiger partial charge in [-0.1, -0.05) is 0 Å². The molecule has 0 spiro atoms. The van der Waals surface area contributed by atoms with Crippen LogP contribution in [-0.2, 0) is 4.79 Å². The first-order valence-electron chi connectivity index (χ1n) is 3.27. The zero-order valence-electron chi connectivity index (χ0n) is 5.93. The molecule has 9 heteroatoms. The fraction of sp³-hybridized carbons (Fsp3) is 0.500. The molecule has 2 heterocycles. The number of nitrogens with one attached hydrogen (secondary N) is 2. The van der Waals surface area contributed by atoms with Gasteiger partial charge in [-0.05, 0) is 10.4 Å². The molecule has 0 aliphatic carbocycles. The molecule has 1 aliphatic rings. The van der Waals surface area contributed by atoms with E-state index >= 15 is 0 Å². The number of thiol groups is 1. The van der Waals surface area contributed by atoms with Crippen LogP contribution in [0.25, 0.3) is 0 Å². The Bertz CT molecular complexity index is 315. The van der Waals surface area contributed by atoms with E-state index in [0.29, 0.717) is 5.16 Å². The van der Waals surface area contributed by atoms with Crippen molar-refractivity contribution < 1.29 is 4.79 Å². The van der Waals surface area contributed by atoms with E-state index in [4.69, 9.17) is 0 Å². The second-order valence-electron chi connectivity index (χ2n) is 2.29. The number of Topliss-reactive ketones (excluding diaryl/α,β-unsaturated/α-hetero) is 1. The predicted octanol–water partition coefficient (Wildman–Crippen LogP) is -2.51. The summed E-state index contributed by atoms with van der Waals surface area (Å²) in [6.45, 7) is 0.276. The van der Waals surface area contributed by atoms with Crippen molar-refractivity contribution in [1.82, 2.24) is 31.1 Å². The van der Waals surface area contributed by atoms with Gasteiger partial charge in [-0.25, -0.2) is 10.9 Å². The number of carbonyl (C=O) groups excluding carboxylic acids is 1. The molecule has 66 valence electrons. The van der Waals surface area contributed by atoms with E-state index in [-0.39, 0.29) is 41.9 Å². The van der Waals surface area contributed by atoms with Gasteiger partial charge in [0.25, 0.3) is 0 Å². The molecular formula is C4H7N6NaOS. The molecule has 2 N–H and O–H groups in total. The summed E-state index contributed by atoms with van der Waals surface area (Å²) in [7, 11) is 0. The number of carbonyl (C=O) groups is 1. The number of ketones is 1. The Kier molecular flexibility index (Phi) is 3.83. The van der Waals surface area contributed by atoms with Crippen LogP contribution in [0.2, 0.25) is 0 Å². The summed E-state index contributed by atoms with van der Waals surface area (Å²) in [5.74, 6) is -0.0161. The zero-order valence-corrected chi connectivity index (χ0v) is 6.82. The molecule has 1 fully saturated rings. The minimum absolute atomic E-state index is 0. The van der Waals surface area contributed by atoms with E-state index in [9.17, 15) is 4.79 Å². The monoisotopic (exact) mass is 210 g/mol. The summed E-state index contributed by atoms with van der Waals surface area (Å²) in [5, 5.41) is 10.8. The standard InChI is InChI=1S/C4H6N6OS.Na.H/c11-2-1-5-6-3(2)10-4(12)7-8-9-10;;/h3,5-6H,1H2,(H,7,9,12);;. The van der Waals surface area contributed by atoms with Crippen LogP contribution < -0.4 is 10.9 Å². The summed E-state index contributed by atoms with van der Waals surface area (Å²) >= 11 is 3.97. The number of hydrogen-bond donors (Lipinski definition) is 3. The summed E-state index contributed by atoms with van der Waals surface area (Å²) in [4.78, 5) is 11.1. The van der Waals surface area contributed by atoms with Crippen LogP contribution in [0.3, 0.4) is 0 Å². The Labute approximate surface area is 101 Å². The molecule has 1 aliphatic heterocycles. The van der Waals surface area contributed by atoms with Gasteiger partial charge in [0.2, 0.25) is 5.16 Å². The van der Waals surface area contributed by atoms with Crippen molar-refractivity contribution in [1.29, 1.82) is 0 Å². The van der Waals surface area contributed by atoms with Gasteiger partial charge in [0, 0.05) is 0 Å². The van der Waals surface area contributed by atoms with E-state index in [1.54, 1.807) is 0 Å². The summed E-state index contributed by atoms with van der Waals surface area (Å²) in [6, 6.07) is 0. The molecule has 0 saturated carbocycles. The molecule has 0 bridgehead atoms. The predicted molar refractivity (Wildman–Crippen MR) is 47.4 cm³/mol. The van der Waals surface area contributed by atoms with E-state index in [0.717, 1.165) is 0 Å². The summed E-state index contributed by atoms with van der Waals surface area (Å²) in [6.07, 6.45) is -0.535. The number of hydrogen-bond acceptors (Lipinski definition) is 7. The first-order valence-corrected chi connectivity index (χ1v) is 3.71. The number of tetrazole rings is 1. The SMILES string of the molecule is O=C1CNNC1n1nnnc1S.[NaH]. The van der Waals surface area contributed by atoms with Gasteiger partial charge >= 0.3 is 29.6 Å². The van der Waals surface area contributed by atoms with Gasteiger partial charge in [0.05, 0.1) is 6.54 Å². The number of nitrogens with zero attached hydrogens (tertiary/aromatic N) is 4. The van der Waals surface area contributed by atoms with Crippen LogP contribution >= 0.6 is 12.6 Å². The van der Waals surface area contributed by atoms with Crippen molar-refractivity contribution in [2.45, 2.75) is 11.3 Å². The van der Waals surface area contributed by atoms with Crippen LogP contribution in [0, 0.1) is 0 Å². The maximum atomic E-state index is 11.1. The fourth-order valence-corrected chi connectivity index (χ4v) is 1.16. The van der Waals surface area contributed by atoms with Gasteiger partial charge in [-0.3, -0.25) is 4.79 Å². The molecule has 0 aromatic carbocycles. The number of rotatable bonds is 1. The third-order valence-corrected chi connectivity index (χ3v) is 1.82. The molecule has 1 atom stereocenters. The molecule has 7 nitrogen and oxygen atoms in total. The number of hydrazine groups is 1. The third kappa shape index (κ3) is 2.09. The van der Waals surface area contributed by atoms with E-state index in [1.807, 2.05) is 0 Å². The normalized spacial score (nSPS) is 21.6. The Morgan fingerprint density at radius 1 is 1.62 bits per heavy atom. The molecule has 0 amide bonds. The first kappa shape index (κ1) is 11.1. The number of aromatic nitrogens is 4. The van der Waals surface area contributed by atoms with Gasteiger partial charge in [-0.2, -0.15) is 4.68 Å². The van der Waals surface area contributed by atoms with Crippen LogP contribution in [0.1, 0.15) is 6.17 Å². The van der Waals surface area contributed by atoms with Crippen LogP contribution in [0.15, 0.2) is 5.16 Å². The van der Waals surface area contributed by atoms with Crippen molar-refractivity contribution in [2.24, 2.45) is 0 Å². The Hall–Kier alpha value is 0.0100. The Morgan fingerprint density at radius 2 is 2.38 bits per heavy atom. The van der Waals surface area contributed by atoms with Gasteiger partial charge in [0.15, 0.2) is 11.9 Å². The maximum absolute atomic E-state index is 11.1. The molecule has 1 unspecified atom stereocenters. The second kappa shape index (κ2) is 4.49. The van der Waals surface area contributed by atoms with E-state index in [2.05, 4.69) is 39.0 Å². The van der Waals surface area contributed by atoms with E-state index in [1.165, 1.54) is 4.68 Å². The zero-order chi connectivity index (χ0) is 8.55. The van der Waals surface area contributed by atoms with Crippen LogP contribution in [-0.4, -0.2) is 62.1 Å². The topological polar surface area (TPSA) is 84.7 Å². The Balaban J connectivity index is 0.000000845. The fourth-order valence-electron chi connectivity index (χ4n) is 0.966. The first-order chi connectivity index (χ1) is 5.79. The van der Waals surface area contributed by atoms with Crippen molar-refractivity contribution in [3.8, 4) is 0 Å². The van der Waals surface area contributed by atoms with Crippen LogP contribution in [0.4, 0.5) is 0 Å². The summed E-state index contributed by atoms with van der Waals surface area (Å²) < 4.78 is 1.31. The van der Waals surface area contributed by atoms with Gasteiger partial charge in [-0.15, -0.1) is 17.7 Å². The molecule has 1 aromatic heterocycles. The molecule has 0 radical (unpaired) electrons. The molecule has 1 saturated heterocycles. The van der Waals surface area contributed by atoms with Crippen molar-refractivity contribution in [3.63, 3.8) is 0 Å². The Morgan fingerprint density at radius 3 is 2.85 bits per heavy atom. The third-order valence-electron chi connectivity index (χ3n) is 1.53. The molecular weight excluding hydrogens is 203 g/mol. The van der Waals surface area contributed by atoms with E-state index < -0.39 is 6.17 Å². The van der Waals surface area contributed by atoms with Crippen LogP contribution in [0.5, 0.6) is 0 Å². The van der Waals surface area contributed by atoms with Crippen molar-refractivity contribution >= 4 is 48.0 Å². The average Bonchev–Trinajstić information content (AvgIpc) is 2.59. The average molecular weight is 210 g/mol. The minimum atomic E-state index is -0.535. The second-order valence-corrected chi connectivity index (χ2v) is 2.69. The van der Waals surface area contributed by atoms with Gasteiger partial charge < -0.3 is 0 Å². The molecule has 1 aromatic rings. The van der Waals surface area contributed by atoms with Gasteiger partial charge in [0.1, 0.15) is 0 Å².